The fraction of sp³-hybridized carbons (Fsp3) is 0.143. The highest BCUT2D eigenvalue weighted by molar-refractivity contribution is 5.91. The molecular formula is C14H10N2O4. The van der Waals surface area contributed by atoms with Gasteiger partial charge in [0.2, 0.25) is 11.7 Å². The van der Waals surface area contributed by atoms with Gasteiger partial charge in [-0.15, -0.1) is 0 Å². The van der Waals surface area contributed by atoms with Crippen LogP contribution in [0.2, 0.25) is 0 Å². The molecule has 0 unspecified atom stereocenters. The van der Waals surface area contributed by atoms with Crippen LogP contribution in [0.4, 0.5) is 0 Å². The largest absolute Gasteiger partial charge is 0.423 e. The Hall–Kier alpha value is -2.76. The summed E-state index contributed by atoms with van der Waals surface area (Å²) in [4.78, 5) is 26.7. The Balaban J connectivity index is 2.16. The standard InChI is InChI=1S/C14H10N2O4/c1-8(17)6-12-15-14(16-20-12)10-7-13(18)19-11-5-3-2-4-9(10)11/h2-5,7H,6H2,1H3. The molecule has 0 amide bonds. The van der Waals surface area contributed by atoms with Gasteiger partial charge in [-0.2, -0.15) is 4.98 Å². The van der Waals surface area contributed by atoms with Crippen LogP contribution in [0, 0.1) is 0 Å². The number of rotatable bonds is 3. The van der Waals surface area contributed by atoms with Crippen molar-refractivity contribution in [2.75, 3.05) is 0 Å². The Bertz CT molecular complexity index is 848. The van der Waals surface area contributed by atoms with E-state index < -0.39 is 5.63 Å². The zero-order valence-electron chi connectivity index (χ0n) is 10.6. The number of carbonyl (C=O) groups excluding carboxylic acids is 1. The van der Waals surface area contributed by atoms with Crippen LogP contribution in [-0.4, -0.2) is 15.9 Å². The van der Waals surface area contributed by atoms with Gasteiger partial charge in [0.1, 0.15) is 11.4 Å². The first-order chi connectivity index (χ1) is 9.63. The van der Waals surface area contributed by atoms with E-state index in [0.29, 0.717) is 16.5 Å². The normalized spacial score (nSPS) is 10.8. The van der Waals surface area contributed by atoms with Crippen molar-refractivity contribution in [1.29, 1.82) is 0 Å². The minimum absolute atomic E-state index is 0.0716. The van der Waals surface area contributed by atoms with Crippen molar-refractivity contribution in [1.82, 2.24) is 10.1 Å². The topological polar surface area (TPSA) is 86.2 Å². The molecule has 0 spiro atoms. The molecular weight excluding hydrogens is 260 g/mol. The Morgan fingerprint density at radius 1 is 1.30 bits per heavy atom. The highest BCUT2D eigenvalue weighted by atomic mass is 16.5. The third-order valence-corrected chi connectivity index (χ3v) is 2.76. The van der Waals surface area contributed by atoms with Crippen molar-refractivity contribution in [3.8, 4) is 11.4 Å². The summed E-state index contributed by atoms with van der Waals surface area (Å²) in [5, 5.41) is 4.52. The van der Waals surface area contributed by atoms with Crippen LogP contribution in [0.25, 0.3) is 22.4 Å². The Morgan fingerprint density at radius 3 is 2.90 bits per heavy atom. The van der Waals surface area contributed by atoms with E-state index in [1.54, 1.807) is 18.2 Å². The summed E-state index contributed by atoms with van der Waals surface area (Å²) in [5.41, 5.74) is 0.486. The maximum Gasteiger partial charge on any atom is 0.336 e. The van der Waals surface area contributed by atoms with Crippen molar-refractivity contribution in [2.45, 2.75) is 13.3 Å². The van der Waals surface area contributed by atoms with E-state index in [0.717, 1.165) is 0 Å². The van der Waals surface area contributed by atoms with E-state index in [-0.39, 0.29) is 23.9 Å². The summed E-state index contributed by atoms with van der Waals surface area (Å²) in [6.45, 7) is 1.44. The molecule has 20 heavy (non-hydrogen) atoms. The lowest BCUT2D eigenvalue weighted by Gasteiger charge is -1.99. The lowest BCUT2D eigenvalue weighted by Crippen LogP contribution is -1.99. The predicted molar refractivity (Wildman–Crippen MR) is 70.2 cm³/mol. The number of carbonyl (C=O) groups is 1. The molecule has 0 saturated carbocycles. The van der Waals surface area contributed by atoms with E-state index >= 15 is 0 Å². The zero-order chi connectivity index (χ0) is 14.1. The molecule has 0 saturated heterocycles. The molecule has 2 heterocycles. The molecule has 0 aliphatic carbocycles. The van der Waals surface area contributed by atoms with Crippen LogP contribution >= 0.6 is 0 Å². The maximum absolute atomic E-state index is 11.6. The van der Waals surface area contributed by atoms with Crippen molar-refractivity contribution in [3.05, 3.63) is 46.6 Å². The number of hydrogen-bond acceptors (Lipinski definition) is 6. The number of ketones is 1. The van der Waals surface area contributed by atoms with Gasteiger partial charge in [0.15, 0.2) is 0 Å². The van der Waals surface area contributed by atoms with Gasteiger partial charge in [-0.1, -0.05) is 23.4 Å². The second-order valence-electron chi connectivity index (χ2n) is 4.37. The molecule has 3 rings (SSSR count). The average Bonchev–Trinajstić information content (AvgIpc) is 2.85. The third-order valence-electron chi connectivity index (χ3n) is 2.76. The lowest BCUT2D eigenvalue weighted by molar-refractivity contribution is -0.116. The van der Waals surface area contributed by atoms with Gasteiger partial charge in [-0.3, -0.25) is 4.79 Å². The highest BCUT2D eigenvalue weighted by Gasteiger charge is 2.14. The van der Waals surface area contributed by atoms with E-state index in [1.807, 2.05) is 6.07 Å². The van der Waals surface area contributed by atoms with Crippen LogP contribution < -0.4 is 5.63 Å². The summed E-state index contributed by atoms with van der Waals surface area (Å²) in [6, 6.07) is 8.39. The molecule has 3 aromatic rings. The number of benzene rings is 1. The van der Waals surface area contributed by atoms with Crippen LogP contribution in [0.5, 0.6) is 0 Å². The Kier molecular flexibility index (Phi) is 2.90. The van der Waals surface area contributed by atoms with Gasteiger partial charge < -0.3 is 8.94 Å². The molecule has 0 aliphatic rings. The summed E-state index contributed by atoms with van der Waals surface area (Å²) in [7, 11) is 0. The fourth-order valence-corrected chi connectivity index (χ4v) is 1.95. The van der Waals surface area contributed by atoms with E-state index in [4.69, 9.17) is 8.94 Å². The van der Waals surface area contributed by atoms with E-state index in [1.165, 1.54) is 13.0 Å². The molecule has 0 fully saturated rings. The van der Waals surface area contributed by atoms with Crippen molar-refractivity contribution in [2.24, 2.45) is 0 Å². The van der Waals surface area contributed by atoms with E-state index in [9.17, 15) is 9.59 Å². The Labute approximate surface area is 113 Å². The molecule has 2 aromatic heterocycles. The molecule has 0 aliphatic heterocycles. The number of hydrogen-bond donors (Lipinski definition) is 0. The van der Waals surface area contributed by atoms with Crippen molar-refractivity contribution < 1.29 is 13.7 Å². The summed E-state index contributed by atoms with van der Waals surface area (Å²) in [5.74, 6) is 0.424. The minimum atomic E-state index is -0.489. The smallest absolute Gasteiger partial charge is 0.336 e. The number of para-hydroxylation sites is 1. The minimum Gasteiger partial charge on any atom is -0.423 e. The molecule has 6 heteroatoms. The van der Waals surface area contributed by atoms with Crippen LogP contribution in [0.15, 0.2) is 44.1 Å². The molecule has 0 bridgehead atoms. The van der Waals surface area contributed by atoms with Crippen LogP contribution in [0.3, 0.4) is 0 Å². The third kappa shape index (κ3) is 2.23. The molecule has 6 nitrogen and oxygen atoms in total. The second-order valence-corrected chi connectivity index (χ2v) is 4.37. The maximum atomic E-state index is 11.6. The van der Waals surface area contributed by atoms with Gasteiger partial charge in [0.05, 0.1) is 6.42 Å². The summed E-state index contributed by atoms with van der Waals surface area (Å²) < 4.78 is 10.1. The molecule has 100 valence electrons. The fourth-order valence-electron chi connectivity index (χ4n) is 1.95. The number of Topliss-reactive ketones (excluding diaryl/α,β-unsaturated/α-hetero) is 1. The molecule has 0 radical (unpaired) electrons. The lowest BCUT2D eigenvalue weighted by atomic mass is 10.1. The molecule has 0 N–H and O–H groups in total. The first-order valence-corrected chi connectivity index (χ1v) is 5.99. The first kappa shape index (κ1) is 12.3. The predicted octanol–water partition coefficient (Wildman–Crippen LogP) is 1.97. The molecule has 0 atom stereocenters. The SMILES string of the molecule is CC(=O)Cc1nc(-c2cc(=O)oc3ccccc23)no1. The summed E-state index contributed by atoms with van der Waals surface area (Å²) >= 11 is 0. The number of fused-ring (bicyclic) bond motifs is 1. The van der Waals surface area contributed by atoms with Crippen molar-refractivity contribution in [3.63, 3.8) is 0 Å². The van der Waals surface area contributed by atoms with E-state index in [2.05, 4.69) is 10.1 Å². The van der Waals surface area contributed by atoms with Crippen LogP contribution in [-0.2, 0) is 11.2 Å². The number of nitrogens with zero attached hydrogens (tertiary/aromatic N) is 2. The van der Waals surface area contributed by atoms with Gasteiger partial charge in [-0.05, 0) is 13.0 Å². The number of aromatic nitrogens is 2. The van der Waals surface area contributed by atoms with Gasteiger partial charge >= 0.3 is 5.63 Å². The van der Waals surface area contributed by atoms with Crippen LogP contribution in [0.1, 0.15) is 12.8 Å². The highest BCUT2D eigenvalue weighted by Crippen LogP contribution is 2.24. The Morgan fingerprint density at radius 2 is 2.10 bits per heavy atom. The molecule has 1 aromatic carbocycles. The van der Waals surface area contributed by atoms with Crippen molar-refractivity contribution >= 4 is 16.8 Å². The first-order valence-electron chi connectivity index (χ1n) is 5.99. The van der Waals surface area contributed by atoms with Gasteiger partial charge in [0, 0.05) is 17.0 Å². The quantitative estimate of drug-likeness (QED) is 0.676. The monoisotopic (exact) mass is 270 g/mol. The second kappa shape index (κ2) is 4.73. The zero-order valence-corrected chi connectivity index (χ0v) is 10.6. The average molecular weight is 270 g/mol. The summed E-state index contributed by atoms with van der Waals surface area (Å²) in [6.07, 6.45) is 0.0758. The van der Waals surface area contributed by atoms with Gasteiger partial charge in [0.25, 0.3) is 0 Å². The van der Waals surface area contributed by atoms with Gasteiger partial charge in [-0.25, -0.2) is 4.79 Å².